The summed E-state index contributed by atoms with van der Waals surface area (Å²) in [5.74, 6) is 0.110. The molecule has 2 N–H and O–H groups in total. The average Bonchev–Trinajstić information content (AvgIpc) is 3.09. The molecule has 0 aromatic carbocycles. The molecule has 0 fully saturated rings. The number of carbonyl (C=O) groups is 1. The highest BCUT2D eigenvalue weighted by Gasteiger charge is 2.24. The van der Waals surface area contributed by atoms with E-state index in [1.807, 2.05) is 4.90 Å². The molecule has 0 atom stereocenters. The van der Waals surface area contributed by atoms with Gasteiger partial charge in [0.25, 0.3) is 0 Å². The third kappa shape index (κ3) is 37.8. The standard InChI is InChI=1S/C43H84N2O3/c1-3-5-7-9-11-13-15-17-19-21-23-25-27-29-31-33-39-47-41-37-45(43(46)35-36-44)38-42-48-40-34-32-30-28-26-24-22-20-18-16-14-12-10-8-6-4-2/h17-20H,3-16,21-42,44H2,1-2H3/q+1/b19-17-,20-18-. The fourth-order valence-corrected chi connectivity index (χ4v) is 6.10. The summed E-state index contributed by atoms with van der Waals surface area (Å²) in [6.45, 7) is 8.96. The SMILES string of the molecule is CCCCCCCC/C=C\CCCCCCCCOCC[N+](CCOCCCCCCCC/C=C\CCCCCCCC)C(=O)CCN. The third-order valence-corrected chi connectivity index (χ3v) is 9.32. The Labute approximate surface area is 300 Å². The van der Waals surface area contributed by atoms with Crippen molar-refractivity contribution in [3.8, 4) is 0 Å². The van der Waals surface area contributed by atoms with Gasteiger partial charge >= 0.3 is 5.91 Å². The quantitative estimate of drug-likeness (QED) is 0.0398. The molecule has 0 aliphatic heterocycles. The number of ether oxygens (including phenoxy) is 2. The molecule has 5 heteroatoms. The third-order valence-electron chi connectivity index (χ3n) is 9.32. The minimum atomic E-state index is 0.110. The molecule has 0 bridgehead atoms. The Morgan fingerprint density at radius 1 is 0.458 bits per heavy atom. The first kappa shape index (κ1) is 47.0. The zero-order valence-electron chi connectivity index (χ0n) is 32.5. The van der Waals surface area contributed by atoms with Gasteiger partial charge in [-0.05, 0) is 64.2 Å². The fraction of sp³-hybridized carbons (Fsp3) is 0.884. The predicted molar refractivity (Wildman–Crippen MR) is 211 cm³/mol. The lowest BCUT2D eigenvalue weighted by molar-refractivity contribution is -0.126. The van der Waals surface area contributed by atoms with E-state index in [1.165, 1.54) is 167 Å². The molecule has 0 spiro atoms. The van der Waals surface area contributed by atoms with Crippen LogP contribution in [-0.4, -0.2) is 52.0 Å². The Hall–Kier alpha value is -1.01. The number of hydrogen-bond donors (Lipinski definition) is 1. The van der Waals surface area contributed by atoms with E-state index >= 15 is 0 Å². The molecule has 5 nitrogen and oxygen atoms in total. The summed E-state index contributed by atoms with van der Waals surface area (Å²) >= 11 is 0. The van der Waals surface area contributed by atoms with Gasteiger partial charge in [-0.25, -0.2) is 4.79 Å². The zero-order valence-corrected chi connectivity index (χ0v) is 32.5. The van der Waals surface area contributed by atoms with Crippen molar-refractivity contribution in [1.82, 2.24) is 4.90 Å². The predicted octanol–water partition coefficient (Wildman–Crippen LogP) is 12.1. The second-order valence-corrected chi connectivity index (χ2v) is 14.0. The van der Waals surface area contributed by atoms with Gasteiger partial charge in [-0.15, -0.1) is 0 Å². The molecule has 0 aliphatic carbocycles. The molecule has 0 aromatic rings. The van der Waals surface area contributed by atoms with E-state index in [2.05, 4.69) is 38.2 Å². The van der Waals surface area contributed by atoms with Gasteiger partial charge in [0.1, 0.15) is 13.2 Å². The van der Waals surface area contributed by atoms with Gasteiger partial charge in [-0.1, -0.05) is 159 Å². The van der Waals surface area contributed by atoms with E-state index in [0.29, 0.717) is 39.3 Å². The number of carbonyl (C=O) groups excluding carboxylic acids is 1. The van der Waals surface area contributed by atoms with Gasteiger partial charge in [0.15, 0.2) is 13.1 Å². The minimum absolute atomic E-state index is 0.110. The van der Waals surface area contributed by atoms with Crippen LogP contribution in [0.25, 0.3) is 0 Å². The van der Waals surface area contributed by atoms with Crippen molar-refractivity contribution in [2.24, 2.45) is 5.73 Å². The molecule has 0 aliphatic rings. The van der Waals surface area contributed by atoms with Gasteiger partial charge in [-0.3, -0.25) is 0 Å². The van der Waals surface area contributed by atoms with Gasteiger partial charge in [0.05, 0.1) is 6.42 Å². The van der Waals surface area contributed by atoms with E-state index < -0.39 is 0 Å². The van der Waals surface area contributed by atoms with Crippen LogP contribution in [0.5, 0.6) is 0 Å². The van der Waals surface area contributed by atoms with E-state index in [4.69, 9.17) is 15.2 Å². The molecule has 0 unspecified atom stereocenters. The Balaban J connectivity index is 3.60. The largest absolute Gasteiger partial charge is 0.375 e. The summed E-state index contributed by atoms with van der Waals surface area (Å²) < 4.78 is 11.8. The molecule has 283 valence electrons. The maximum Gasteiger partial charge on any atom is 0.362 e. The lowest BCUT2D eigenvalue weighted by Gasteiger charge is -2.11. The monoisotopic (exact) mass is 677 g/mol. The van der Waals surface area contributed by atoms with Gasteiger partial charge < -0.3 is 15.2 Å². The smallest absolute Gasteiger partial charge is 0.362 e. The molecular formula is C43H84N2O3+. The van der Waals surface area contributed by atoms with Crippen molar-refractivity contribution in [2.45, 2.75) is 200 Å². The van der Waals surface area contributed by atoms with Crippen molar-refractivity contribution < 1.29 is 14.3 Å². The second kappa shape index (κ2) is 42.2. The van der Waals surface area contributed by atoms with Crippen molar-refractivity contribution >= 4 is 5.91 Å². The lowest BCUT2D eigenvalue weighted by atomic mass is 10.1. The first-order valence-electron chi connectivity index (χ1n) is 21.2. The van der Waals surface area contributed by atoms with Crippen LogP contribution in [0.1, 0.15) is 200 Å². The molecule has 0 rings (SSSR count). The summed E-state index contributed by atoms with van der Waals surface area (Å²) in [6, 6.07) is 0. The van der Waals surface area contributed by atoms with Crippen LogP contribution in [0.4, 0.5) is 0 Å². The number of nitrogens with two attached hydrogens (primary N) is 1. The number of rotatable bonds is 40. The van der Waals surface area contributed by atoms with Crippen molar-refractivity contribution in [2.75, 3.05) is 46.1 Å². The highest BCUT2D eigenvalue weighted by atomic mass is 16.5. The minimum Gasteiger partial charge on any atom is -0.375 e. The summed E-state index contributed by atoms with van der Waals surface area (Å²) in [5.41, 5.74) is 5.66. The Morgan fingerprint density at radius 2 is 0.771 bits per heavy atom. The summed E-state index contributed by atoms with van der Waals surface area (Å²) in [5, 5.41) is 0. The highest BCUT2D eigenvalue weighted by Crippen LogP contribution is 2.12. The topological polar surface area (TPSA) is 67.5 Å². The molecule has 1 amide bonds. The van der Waals surface area contributed by atoms with Crippen LogP contribution >= 0.6 is 0 Å². The Morgan fingerprint density at radius 3 is 1.10 bits per heavy atom. The molecular weight excluding hydrogens is 592 g/mol. The van der Waals surface area contributed by atoms with Crippen LogP contribution in [0.15, 0.2) is 24.3 Å². The van der Waals surface area contributed by atoms with E-state index in [-0.39, 0.29) is 5.91 Å². The van der Waals surface area contributed by atoms with Crippen molar-refractivity contribution in [1.29, 1.82) is 0 Å². The Bertz CT molecular complexity index is 633. The fourth-order valence-electron chi connectivity index (χ4n) is 6.10. The lowest BCUT2D eigenvalue weighted by Crippen LogP contribution is -2.43. The first-order chi connectivity index (χ1) is 23.8. The van der Waals surface area contributed by atoms with Crippen LogP contribution < -0.4 is 10.6 Å². The van der Waals surface area contributed by atoms with E-state index in [9.17, 15) is 4.79 Å². The molecule has 0 saturated carbocycles. The number of allylic oxidation sites excluding steroid dienone is 4. The normalized spacial score (nSPS) is 12.0. The van der Waals surface area contributed by atoms with Crippen molar-refractivity contribution in [3.05, 3.63) is 24.3 Å². The van der Waals surface area contributed by atoms with Crippen LogP contribution in [0.2, 0.25) is 0 Å². The van der Waals surface area contributed by atoms with Gasteiger partial charge in [0, 0.05) is 19.8 Å². The number of hydrogen-bond acceptors (Lipinski definition) is 4. The maximum atomic E-state index is 12.5. The number of amides is 1. The Kier molecular flexibility index (Phi) is 41.3. The first-order valence-corrected chi connectivity index (χ1v) is 21.2. The van der Waals surface area contributed by atoms with Gasteiger partial charge in [-0.2, -0.15) is 0 Å². The van der Waals surface area contributed by atoms with Gasteiger partial charge in [0.2, 0.25) is 0 Å². The van der Waals surface area contributed by atoms with Crippen LogP contribution in [0.3, 0.4) is 0 Å². The zero-order chi connectivity index (χ0) is 34.9. The molecule has 0 heterocycles. The number of unbranched alkanes of at least 4 members (excludes halogenated alkanes) is 24. The second-order valence-electron chi connectivity index (χ2n) is 14.0. The van der Waals surface area contributed by atoms with E-state index in [0.717, 1.165) is 26.1 Å². The van der Waals surface area contributed by atoms with Crippen LogP contribution in [-0.2, 0) is 14.3 Å². The average molecular weight is 677 g/mol. The number of nitrogens with zero attached hydrogens (tertiary/aromatic N) is 1. The van der Waals surface area contributed by atoms with E-state index in [1.54, 1.807) is 0 Å². The molecule has 1 radical (unpaired) electrons. The van der Waals surface area contributed by atoms with Crippen molar-refractivity contribution in [3.63, 3.8) is 0 Å². The summed E-state index contributed by atoms with van der Waals surface area (Å²) in [4.78, 5) is 14.4. The molecule has 0 saturated heterocycles. The highest BCUT2D eigenvalue weighted by molar-refractivity contribution is 5.78. The maximum absolute atomic E-state index is 12.5. The van der Waals surface area contributed by atoms with Crippen LogP contribution in [0, 0.1) is 0 Å². The summed E-state index contributed by atoms with van der Waals surface area (Å²) in [6.07, 6.45) is 46.8. The molecule has 0 aromatic heterocycles. The molecule has 48 heavy (non-hydrogen) atoms. The summed E-state index contributed by atoms with van der Waals surface area (Å²) in [7, 11) is 0.